The summed E-state index contributed by atoms with van der Waals surface area (Å²) in [5.74, 6) is -0.155. The number of fused-ring (bicyclic) bond motifs is 1. The first-order valence-electron chi connectivity index (χ1n) is 8.89. The average molecular weight is 362 g/mol. The lowest BCUT2D eigenvalue weighted by atomic mass is 9.98. The average Bonchev–Trinajstić information content (AvgIpc) is 3.11. The van der Waals surface area contributed by atoms with Gasteiger partial charge in [-0.3, -0.25) is 14.6 Å². The predicted octanol–water partition coefficient (Wildman–Crippen LogP) is 3.92. The smallest absolute Gasteiger partial charge is 0.247 e. The summed E-state index contributed by atoms with van der Waals surface area (Å²) in [6, 6.07) is 5.03. The number of aliphatic imine (C=N–C) groups is 1. The van der Waals surface area contributed by atoms with Gasteiger partial charge in [-0.2, -0.15) is 0 Å². The third-order valence-corrected chi connectivity index (χ3v) is 4.41. The van der Waals surface area contributed by atoms with Crippen LogP contribution in [-0.4, -0.2) is 33.5 Å². The van der Waals surface area contributed by atoms with Gasteiger partial charge in [0.2, 0.25) is 11.3 Å². The van der Waals surface area contributed by atoms with Gasteiger partial charge in [-0.25, -0.2) is 4.98 Å². The molecule has 0 aliphatic heterocycles. The summed E-state index contributed by atoms with van der Waals surface area (Å²) in [6.45, 7) is 4.11. The molecule has 0 aliphatic rings. The summed E-state index contributed by atoms with van der Waals surface area (Å²) in [5, 5.41) is 0.720. The first-order chi connectivity index (χ1) is 13.0. The van der Waals surface area contributed by atoms with Gasteiger partial charge in [-0.05, 0) is 42.7 Å². The topological polar surface area (TPSA) is 91.0 Å². The number of aromatic amines is 2. The number of carbonyl (C=O) groups is 1. The molecular formula is C21H22N4O2. The van der Waals surface area contributed by atoms with Crippen molar-refractivity contribution >= 4 is 22.5 Å². The number of nitrogens with one attached hydrogen (secondary N) is 2. The number of ketones is 1. The zero-order chi connectivity index (χ0) is 19.4. The minimum Gasteiger partial charge on any atom is -0.345 e. The number of allylic oxidation sites excluding steroid dienone is 2. The molecule has 3 rings (SSSR count). The Labute approximate surface area is 157 Å². The molecule has 3 aromatic rings. The molecule has 3 aromatic heterocycles. The van der Waals surface area contributed by atoms with Crippen LogP contribution in [0.1, 0.15) is 37.0 Å². The van der Waals surface area contributed by atoms with Crippen LogP contribution in [-0.2, 0) is 0 Å². The molecule has 0 radical (unpaired) electrons. The Kier molecular flexibility index (Phi) is 5.45. The van der Waals surface area contributed by atoms with Crippen LogP contribution in [0, 0.1) is 0 Å². The molecule has 27 heavy (non-hydrogen) atoms. The largest absolute Gasteiger partial charge is 0.345 e. The fourth-order valence-electron chi connectivity index (χ4n) is 3.12. The molecule has 0 fully saturated rings. The van der Waals surface area contributed by atoms with Crippen LogP contribution in [0.4, 0.5) is 0 Å². The molecule has 2 N–H and O–H groups in total. The Bertz CT molecular complexity index is 1080. The van der Waals surface area contributed by atoms with Gasteiger partial charge >= 0.3 is 0 Å². The van der Waals surface area contributed by atoms with E-state index in [0.717, 1.165) is 34.9 Å². The molecule has 3 heterocycles. The van der Waals surface area contributed by atoms with Crippen molar-refractivity contribution in [2.24, 2.45) is 4.99 Å². The van der Waals surface area contributed by atoms with Gasteiger partial charge < -0.3 is 9.97 Å². The highest BCUT2D eigenvalue weighted by Gasteiger charge is 2.20. The number of aromatic nitrogens is 3. The molecule has 6 heteroatoms. The van der Waals surface area contributed by atoms with E-state index in [9.17, 15) is 9.59 Å². The van der Waals surface area contributed by atoms with Crippen LogP contribution in [0.3, 0.4) is 0 Å². The van der Waals surface area contributed by atoms with Gasteiger partial charge in [0.15, 0.2) is 0 Å². The number of rotatable bonds is 6. The number of pyridine rings is 2. The summed E-state index contributed by atoms with van der Waals surface area (Å²) < 4.78 is 0. The predicted molar refractivity (Wildman–Crippen MR) is 109 cm³/mol. The van der Waals surface area contributed by atoms with Crippen LogP contribution in [0.2, 0.25) is 0 Å². The van der Waals surface area contributed by atoms with E-state index in [4.69, 9.17) is 0 Å². The van der Waals surface area contributed by atoms with E-state index in [1.165, 1.54) is 6.07 Å². The standard InChI is InChI=1S/C21H22N4O2/c1-4-5-13(2)10-17(22-3)20(27)16-12-25-21-19(16)15(8-9-23-21)14-6-7-18(26)24-11-14/h6-12H,4-5H2,1-3H3,(H,23,25)(H,24,26)/b13-10-,22-17?. The molecule has 0 saturated carbocycles. The van der Waals surface area contributed by atoms with Crippen molar-refractivity contribution in [2.45, 2.75) is 26.7 Å². The Balaban J connectivity index is 2.13. The van der Waals surface area contributed by atoms with Crippen LogP contribution in [0.15, 0.2) is 58.2 Å². The first kappa shape index (κ1) is 18.5. The van der Waals surface area contributed by atoms with Gasteiger partial charge in [0, 0.05) is 37.1 Å². The highest BCUT2D eigenvalue weighted by atomic mass is 16.1. The fourth-order valence-corrected chi connectivity index (χ4v) is 3.12. The Morgan fingerprint density at radius 1 is 1.22 bits per heavy atom. The van der Waals surface area contributed by atoms with Crippen molar-refractivity contribution < 1.29 is 4.79 Å². The molecule has 0 aliphatic carbocycles. The van der Waals surface area contributed by atoms with E-state index in [0.29, 0.717) is 16.9 Å². The molecule has 0 saturated heterocycles. The second-order valence-corrected chi connectivity index (χ2v) is 6.40. The van der Waals surface area contributed by atoms with Crippen molar-refractivity contribution in [3.05, 3.63) is 64.4 Å². The maximum absolute atomic E-state index is 13.1. The maximum atomic E-state index is 13.1. The SMILES string of the molecule is CCC/C(C)=C\C(=NC)C(=O)c1c[nH]c2nccc(-c3ccc(=O)[nH]c3)c12. The summed E-state index contributed by atoms with van der Waals surface area (Å²) in [4.78, 5) is 38.8. The first-order valence-corrected chi connectivity index (χ1v) is 8.89. The van der Waals surface area contributed by atoms with E-state index in [-0.39, 0.29) is 11.3 Å². The number of nitrogens with zero attached hydrogens (tertiary/aromatic N) is 2. The third-order valence-electron chi connectivity index (χ3n) is 4.41. The number of carbonyl (C=O) groups excluding carboxylic acids is 1. The van der Waals surface area contributed by atoms with E-state index >= 15 is 0 Å². The van der Waals surface area contributed by atoms with Gasteiger partial charge in [-0.15, -0.1) is 0 Å². The number of Topliss-reactive ketones (excluding diaryl/α,β-unsaturated/α-hetero) is 1. The Hall–Kier alpha value is -3.28. The molecule has 0 spiro atoms. The normalized spacial score (nSPS) is 12.6. The van der Waals surface area contributed by atoms with Crippen molar-refractivity contribution in [1.82, 2.24) is 15.0 Å². The van der Waals surface area contributed by atoms with Crippen LogP contribution < -0.4 is 5.56 Å². The van der Waals surface area contributed by atoms with E-state index in [2.05, 4.69) is 26.9 Å². The summed E-state index contributed by atoms with van der Waals surface area (Å²) >= 11 is 0. The van der Waals surface area contributed by atoms with Crippen molar-refractivity contribution in [3.63, 3.8) is 0 Å². The molecule has 138 valence electrons. The lowest BCUT2D eigenvalue weighted by Gasteiger charge is -2.06. The van der Waals surface area contributed by atoms with Crippen LogP contribution >= 0.6 is 0 Å². The molecule has 0 atom stereocenters. The quantitative estimate of drug-likeness (QED) is 0.514. The number of H-pyrrole nitrogens is 2. The van der Waals surface area contributed by atoms with E-state index in [1.54, 1.807) is 31.7 Å². The van der Waals surface area contributed by atoms with Gasteiger partial charge in [0.25, 0.3) is 0 Å². The minimum absolute atomic E-state index is 0.155. The van der Waals surface area contributed by atoms with Gasteiger partial charge in [0.1, 0.15) is 11.4 Å². The zero-order valence-corrected chi connectivity index (χ0v) is 15.7. The summed E-state index contributed by atoms with van der Waals surface area (Å²) in [7, 11) is 1.62. The highest BCUT2D eigenvalue weighted by molar-refractivity contribution is 6.51. The van der Waals surface area contributed by atoms with Crippen LogP contribution in [0.25, 0.3) is 22.2 Å². The zero-order valence-electron chi connectivity index (χ0n) is 15.7. The van der Waals surface area contributed by atoms with Gasteiger partial charge in [-0.1, -0.05) is 18.9 Å². The van der Waals surface area contributed by atoms with E-state index < -0.39 is 0 Å². The maximum Gasteiger partial charge on any atom is 0.247 e. The Morgan fingerprint density at radius 2 is 2.04 bits per heavy atom. The molecule has 0 unspecified atom stereocenters. The third kappa shape index (κ3) is 3.79. The minimum atomic E-state index is -0.175. The number of hydrogen-bond donors (Lipinski definition) is 2. The molecule has 0 amide bonds. The van der Waals surface area contributed by atoms with E-state index in [1.807, 2.05) is 19.1 Å². The van der Waals surface area contributed by atoms with Crippen LogP contribution in [0.5, 0.6) is 0 Å². The van der Waals surface area contributed by atoms with Crippen molar-refractivity contribution in [3.8, 4) is 11.1 Å². The second-order valence-electron chi connectivity index (χ2n) is 6.40. The van der Waals surface area contributed by atoms with Crippen molar-refractivity contribution in [2.75, 3.05) is 7.05 Å². The molecule has 6 nitrogen and oxygen atoms in total. The lowest BCUT2D eigenvalue weighted by molar-refractivity contribution is 0.106. The monoisotopic (exact) mass is 362 g/mol. The molecule has 0 bridgehead atoms. The number of hydrogen-bond acceptors (Lipinski definition) is 4. The molecular weight excluding hydrogens is 340 g/mol. The highest BCUT2D eigenvalue weighted by Crippen LogP contribution is 2.29. The molecule has 0 aromatic carbocycles. The van der Waals surface area contributed by atoms with Gasteiger partial charge in [0.05, 0.1) is 5.56 Å². The second kappa shape index (κ2) is 7.95. The summed E-state index contributed by atoms with van der Waals surface area (Å²) in [6.07, 6.45) is 8.77. The fraction of sp³-hybridized carbons (Fsp3) is 0.238. The lowest BCUT2D eigenvalue weighted by Crippen LogP contribution is -2.12. The Morgan fingerprint density at radius 3 is 2.70 bits per heavy atom. The summed E-state index contributed by atoms with van der Waals surface area (Å²) in [5.41, 5.74) is 4.12. The van der Waals surface area contributed by atoms with Crippen molar-refractivity contribution in [1.29, 1.82) is 0 Å².